The van der Waals surface area contributed by atoms with Gasteiger partial charge >= 0.3 is 6.09 Å². The van der Waals surface area contributed by atoms with E-state index in [4.69, 9.17) is 16.3 Å². The molecule has 1 aliphatic carbocycles. The first-order valence-electron chi connectivity index (χ1n) is 8.25. The van der Waals surface area contributed by atoms with Gasteiger partial charge in [0.25, 0.3) is 0 Å². The number of nitrogens with zero attached hydrogens (tertiary/aromatic N) is 4. The lowest BCUT2D eigenvalue weighted by Crippen LogP contribution is -2.37. The molecule has 2 aliphatic rings. The van der Waals surface area contributed by atoms with Crippen molar-refractivity contribution in [2.45, 2.75) is 51.7 Å². The summed E-state index contributed by atoms with van der Waals surface area (Å²) in [6, 6.07) is -0.0942. The third-order valence-electron chi connectivity index (χ3n) is 4.83. The molecule has 24 heavy (non-hydrogen) atoms. The highest BCUT2D eigenvalue weighted by Gasteiger charge is 2.55. The first kappa shape index (κ1) is 15.7. The number of likely N-dealkylation sites (tertiary alicyclic amines) is 1. The molecule has 7 heteroatoms. The fourth-order valence-electron chi connectivity index (χ4n) is 3.50. The molecule has 1 spiro atoms. The van der Waals surface area contributed by atoms with Gasteiger partial charge in [0, 0.05) is 18.9 Å². The second-order valence-corrected chi connectivity index (χ2v) is 8.28. The summed E-state index contributed by atoms with van der Waals surface area (Å²) in [7, 11) is 0. The van der Waals surface area contributed by atoms with Gasteiger partial charge in [-0.3, -0.25) is 9.30 Å². The molecule has 6 nitrogen and oxygen atoms in total. The number of imidazole rings is 1. The third-order valence-corrected chi connectivity index (χ3v) is 5.12. The van der Waals surface area contributed by atoms with Gasteiger partial charge in [0.05, 0.1) is 12.2 Å². The van der Waals surface area contributed by atoms with E-state index in [9.17, 15) is 4.79 Å². The molecule has 3 heterocycles. The summed E-state index contributed by atoms with van der Waals surface area (Å²) in [5.41, 5.74) is 0.489. The zero-order chi connectivity index (χ0) is 17.1. The minimum Gasteiger partial charge on any atom is -0.444 e. The maximum atomic E-state index is 12.7. The Kier molecular flexibility index (Phi) is 3.33. The molecule has 2 aromatic rings. The van der Waals surface area contributed by atoms with E-state index in [0.29, 0.717) is 5.15 Å². The average Bonchev–Trinajstić information content (AvgIpc) is 2.92. The van der Waals surface area contributed by atoms with Crippen LogP contribution in [0.1, 0.15) is 51.9 Å². The second kappa shape index (κ2) is 5.09. The van der Waals surface area contributed by atoms with Gasteiger partial charge in [0.15, 0.2) is 5.15 Å². The molecular formula is C17H21ClN4O2. The first-order chi connectivity index (χ1) is 11.3. The van der Waals surface area contributed by atoms with Gasteiger partial charge < -0.3 is 4.74 Å². The summed E-state index contributed by atoms with van der Waals surface area (Å²) in [6.45, 7) is 6.40. The third kappa shape index (κ3) is 2.62. The van der Waals surface area contributed by atoms with Crippen molar-refractivity contribution in [2.24, 2.45) is 5.41 Å². The van der Waals surface area contributed by atoms with Crippen LogP contribution < -0.4 is 0 Å². The number of carbonyl (C=O) groups is 1. The van der Waals surface area contributed by atoms with Crippen LogP contribution in [0.5, 0.6) is 0 Å². The fourth-order valence-corrected chi connectivity index (χ4v) is 3.70. The molecule has 1 saturated carbocycles. The van der Waals surface area contributed by atoms with Gasteiger partial charge in [-0.2, -0.15) is 0 Å². The van der Waals surface area contributed by atoms with Crippen LogP contribution in [0.15, 0.2) is 18.6 Å². The number of rotatable bonds is 1. The standard InChI is InChI=1S/C17H21ClN4O2/c1-16(2,3)24-15(23)22-10-17(4-5-17)8-11(22)14-20-9-12-13(18)19-6-7-21(12)14/h6-7,9,11H,4-5,8,10H2,1-3H3/t11-/m0/s1. The normalized spacial score (nSPS) is 22.3. The number of carbonyl (C=O) groups excluding carboxylic acids is 1. The van der Waals surface area contributed by atoms with Crippen LogP contribution in [0.2, 0.25) is 5.15 Å². The summed E-state index contributed by atoms with van der Waals surface area (Å²) >= 11 is 6.15. The van der Waals surface area contributed by atoms with Gasteiger partial charge in [0.2, 0.25) is 0 Å². The van der Waals surface area contributed by atoms with Crippen LogP contribution in [-0.2, 0) is 4.74 Å². The Labute approximate surface area is 145 Å². The lowest BCUT2D eigenvalue weighted by molar-refractivity contribution is 0.0211. The van der Waals surface area contributed by atoms with E-state index in [1.165, 1.54) is 0 Å². The largest absolute Gasteiger partial charge is 0.444 e. The molecular weight excluding hydrogens is 328 g/mol. The molecule has 128 valence electrons. The van der Waals surface area contributed by atoms with Crippen LogP contribution in [0.25, 0.3) is 5.52 Å². The van der Waals surface area contributed by atoms with Crippen LogP contribution in [0, 0.1) is 5.41 Å². The van der Waals surface area contributed by atoms with Crippen molar-refractivity contribution in [2.75, 3.05) is 6.54 Å². The number of fused-ring (bicyclic) bond motifs is 1. The Morgan fingerprint density at radius 3 is 2.79 bits per heavy atom. The van der Waals surface area contributed by atoms with Crippen molar-refractivity contribution in [3.05, 3.63) is 29.6 Å². The Morgan fingerprint density at radius 1 is 1.38 bits per heavy atom. The molecule has 1 amide bonds. The van der Waals surface area contributed by atoms with E-state index in [0.717, 1.165) is 37.1 Å². The fraction of sp³-hybridized carbons (Fsp3) is 0.588. The highest BCUT2D eigenvalue weighted by molar-refractivity contribution is 6.32. The number of aromatic nitrogens is 3. The van der Waals surface area contributed by atoms with Crippen molar-refractivity contribution >= 4 is 23.2 Å². The number of hydrogen-bond donors (Lipinski definition) is 0. The van der Waals surface area contributed by atoms with Gasteiger partial charge in [-0.1, -0.05) is 11.6 Å². The predicted molar refractivity (Wildman–Crippen MR) is 90.0 cm³/mol. The topological polar surface area (TPSA) is 59.7 Å². The van der Waals surface area contributed by atoms with Gasteiger partial charge in [-0.25, -0.2) is 14.8 Å². The van der Waals surface area contributed by atoms with Crippen molar-refractivity contribution in [1.82, 2.24) is 19.3 Å². The quantitative estimate of drug-likeness (QED) is 0.785. The molecule has 0 bridgehead atoms. The van der Waals surface area contributed by atoms with Gasteiger partial charge in [0.1, 0.15) is 16.9 Å². The predicted octanol–water partition coefficient (Wildman–Crippen LogP) is 3.84. The van der Waals surface area contributed by atoms with E-state index in [2.05, 4.69) is 9.97 Å². The van der Waals surface area contributed by atoms with E-state index in [1.54, 1.807) is 12.4 Å². The number of ether oxygens (including phenoxy) is 1. The number of hydrogen-bond acceptors (Lipinski definition) is 4. The lowest BCUT2D eigenvalue weighted by atomic mass is 10.0. The Bertz CT molecular complexity index is 807. The molecule has 0 aromatic carbocycles. The zero-order valence-electron chi connectivity index (χ0n) is 14.1. The maximum absolute atomic E-state index is 12.7. The molecule has 2 fully saturated rings. The minimum absolute atomic E-state index is 0.0942. The molecule has 4 rings (SSSR count). The van der Waals surface area contributed by atoms with Gasteiger partial charge in [-0.05, 0) is 45.4 Å². The average molecular weight is 349 g/mol. The summed E-state index contributed by atoms with van der Waals surface area (Å²) in [4.78, 5) is 23.2. The van der Waals surface area contributed by atoms with Gasteiger partial charge in [-0.15, -0.1) is 0 Å². The Hall–Kier alpha value is -1.82. The van der Waals surface area contributed by atoms with E-state index < -0.39 is 5.60 Å². The summed E-state index contributed by atoms with van der Waals surface area (Å²) in [5.74, 6) is 0.823. The molecule has 1 saturated heterocycles. The Balaban J connectivity index is 1.71. The second-order valence-electron chi connectivity index (χ2n) is 7.92. The smallest absolute Gasteiger partial charge is 0.410 e. The molecule has 1 aliphatic heterocycles. The van der Waals surface area contributed by atoms with E-state index >= 15 is 0 Å². The van der Waals surface area contributed by atoms with E-state index in [-0.39, 0.29) is 17.6 Å². The highest BCUT2D eigenvalue weighted by Crippen LogP contribution is 2.58. The molecule has 2 aromatic heterocycles. The van der Waals surface area contributed by atoms with Crippen molar-refractivity contribution in [3.8, 4) is 0 Å². The minimum atomic E-state index is -0.511. The number of amides is 1. The van der Waals surface area contributed by atoms with Crippen LogP contribution in [0.4, 0.5) is 4.79 Å². The molecule has 0 N–H and O–H groups in total. The lowest BCUT2D eigenvalue weighted by Gasteiger charge is -2.28. The van der Waals surface area contributed by atoms with Crippen molar-refractivity contribution < 1.29 is 9.53 Å². The summed E-state index contributed by atoms with van der Waals surface area (Å²) < 4.78 is 7.55. The summed E-state index contributed by atoms with van der Waals surface area (Å²) in [6.07, 6.45) is 8.19. The molecule has 1 atom stereocenters. The monoisotopic (exact) mass is 348 g/mol. The van der Waals surface area contributed by atoms with Crippen molar-refractivity contribution in [3.63, 3.8) is 0 Å². The summed E-state index contributed by atoms with van der Waals surface area (Å²) in [5, 5.41) is 0.416. The van der Waals surface area contributed by atoms with E-state index in [1.807, 2.05) is 36.3 Å². The Morgan fingerprint density at radius 2 is 2.12 bits per heavy atom. The molecule has 0 unspecified atom stereocenters. The molecule has 0 radical (unpaired) electrons. The van der Waals surface area contributed by atoms with Crippen LogP contribution >= 0.6 is 11.6 Å². The van der Waals surface area contributed by atoms with Crippen LogP contribution in [0.3, 0.4) is 0 Å². The van der Waals surface area contributed by atoms with Crippen molar-refractivity contribution in [1.29, 1.82) is 0 Å². The zero-order valence-corrected chi connectivity index (χ0v) is 14.9. The SMILES string of the molecule is CC(C)(C)OC(=O)N1CC2(CC2)C[C@H]1c1ncc2c(Cl)nccn12. The maximum Gasteiger partial charge on any atom is 0.410 e. The first-order valence-corrected chi connectivity index (χ1v) is 8.63. The van der Waals surface area contributed by atoms with Crippen LogP contribution in [-0.4, -0.2) is 37.5 Å². The highest BCUT2D eigenvalue weighted by atomic mass is 35.5. The number of halogens is 1.